The molecule has 1 atom stereocenters. The molecule has 118 valence electrons. The van der Waals surface area contributed by atoms with E-state index in [0.29, 0.717) is 5.56 Å². The summed E-state index contributed by atoms with van der Waals surface area (Å²) in [6.45, 7) is 1.85. The molecule has 0 aliphatic rings. The van der Waals surface area contributed by atoms with Gasteiger partial charge < -0.3 is 15.0 Å². The highest BCUT2D eigenvalue weighted by Gasteiger charge is 2.25. The molecule has 1 unspecified atom stereocenters. The van der Waals surface area contributed by atoms with Crippen molar-refractivity contribution in [2.45, 2.75) is 12.5 Å². The van der Waals surface area contributed by atoms with Gasteiger partial charge in [0.15, 0.2) is 0 Å². The number of amides is 1. The number of aliphatic hydroxyl groups is 1. The Balaban J connectivity index is 1.70. The molecule has 3 rings (SSSR count). The number of imidazole rings is 1. The second-order valence-corrected chi connectivity index (χ2v) is 6.40. The molecule has 0 aliphatic carbocycles. The fourth-order valence-electron chi connectivity index (χ4n) is 2.25. The van der Waals surface area contributed by atoms with Gasteiger partial charge in [-0.25, -0.2) is 4.98 Å². The third kappa shape index (κ3) is 3.49. The first-order valence-electron chi connectivity index (χ1n) is 7.19. The fraction of sp³-hybridized carbons (Fsp3) is 0.176. The zero-order chi connectivity index (χ0) is 16.3. The number of carbonyl (C=O) groups is 1. The van der Waals surface area contributed by atoms with Gasteiger partial charge in [0.2, 0.25) is 0 Å². The lowest BCUT2D eigenvalue weighted by Crippen LogP contribution is -2.38. The molecule has 0 bridgehead atoms. The number of hydrogen-bond acceptors (Lipinski definition) is 4. The van der Waals surface area contributed by atoms with Gasteiger partial charge in [0.25, 0.3) is 5.91 Å². The average Bonchev–Trinajstić information content (AvgIpc) is 3.25. The Kier molecular flexibility index (Phi) is 4.27. The first-order chi connectivity index (χ1) is 11.1. The third-order valence-electron chi connectivity index (χ3n) is 3.56. The van der Waals surface area contributed by atoms with Crippen molar-refractivity contribution in [3.63, 3.8) is 0 Å². The molecule has 0 aliphatic heterocycles. The van der Waals surface area contributed by atoms with Gasteiger partial charge in [-0.1, -0.05) is 12.1 Å². The van der Waals surface area contributed by atoms with E-state index in [2.05, 4.69) is 10.3 Å². The molecular weight excluding hydrogens is 310 g/mol. The van der Waals surface area contributed by atoms with Gasteiger partial charge in [0.1, 0.15) is 5.60 Å². The zero-order valence-corrected chi connectivity index (χ0v) is 13.5. The number of thiophene rings is 1. The lowest BCUT2D eigenvalue weighted by molar-refractivity contribution is 0.0557. The molecule has 0 spiro atoms. The third-order valence-corrected chi connectivity index (χ3v) is 4.68. The largest absolute Gasteiger partial charge is 0.383 e. The highest BCUT2D eigenvalue weighted by atomic mass is 32.1. The van der Waals surface area contributed by atoms with Crippen LogP contribution in [0.25, 0.3) is 5.69 Å². The summed E-state index contributed by atoms with van der Waals surface area (Å²) in [5.74, 6) is -0.219. The van der Waals surface area contributed by atoms with E-state index in [1.54, 1.807) is 31.6 Å². The van der Waals surface area contributed by atoms with E-state index < -0.39 is 5.60 Å². The molecule has 23 heavy (non-hydrogen) atoms. The second kappa shape index (κ2) is 6.36. The number of aromatic nitrogens is 2. The van der Waals surface area contributed by atoms with Gasteiger partial charge in [-0.05, 0) is 36.6 Å². The van der Waals surface area contributed by atoms with Crippen molar-refractivity contribution in [3.8, 4) is 5.69 Å². The van der Waals surface area contributed by atoms with E-state index >= 15 is 0 Å². The van der Waals surface area contributed by atoms with Crippen molar-refractivity contribution < 1.29 is 9.90 Å². The summed E-state index contributed by atoms with van der Waals surface area (Å²) in [5.41, 5.74) is 0.324. The highest BCUT2D eigenvalue weighted by molar-refractivity contribution is 7.10. The number of rotatable bonds is 5. The topological polar surface area (TPSA) is 67.2 Å². The maximum absolute atomic E-state index is 12.3. The Morgan fingerprint density at radius 1 is 1.39 bits per heavy atom. The summed E-state index contributed by atoms with van der Waals surface area (Å²) in [7, 11) is 0. The molecule has 0 fully saturated rings. The van der Waals surface area contributed by atoms with Crippen LogP contribution in [0.2, 0.25) is 0 Å². The fourth-order valence-corrected chi connectivity index (χ4v) is 3.03. The number of hydrogen-bond donors (Lipinski definition) is 2. The van der Waals surface area contributed by atoms with E-state index in [1.165, 1.54) is 11.3 Å². The molecule has 5 nitrogen and oxygen atoms in total. The van der Waals surface area contributed by atoms with Crippen molar-refractivity contribution in [2.24, 2.45) is 0 Å². The van der Waals surface area contributed by atoms with Crippen molar-refractivity contribution in [1.29, 1.82) is 0 Å². The Bertz CT molecular complexity index is 780. The van der Waals surface area contributed by atoms with Crippen LogP contribution in [0.5, 0.6) is 0 Å². The second-order valence-electron chi connectivity index (χ2n) is 5.45. The minimum atomic E-state index is -1.08. The van der Waals surface area contributed by atoms with E-state index in [-0.39, 0.29) is 12.5 Å². The zero-order valence-electron chi connectivity index (χ0n) is 12.6. The Hall–Kier alpha value is -2.44. The van der Waals surface area contributed by atoms with Crippen LogP contribution in [-0.4, -0.2) is 27.1 Å². The summed E-state index contributed by atoms with van der Waals surface area (Å²) >= 11 is 1.47. The van der Waals surface area contributed by atoms with Crippen LogP contribution in [0.4, 0.5) is 0 Å². The van der Waals surface area contributed by atoms with Crippen LogP contribution in [0, 0.1) is 0 Å². The molecule has 2 heterocycles. The Labute approximate surface area is 138 Å². The predicted octanol–water partition coefficient (Wildman–Crippen LogP) is 2.57. The normalized spacial score (nSPS) is 13.5. The molecule has 0 radical (unpaired) electrons. The first-order valence-corrected chi connectivity index (χ1v) is 8.07. The Morgan fingerprint density at radius 2 is 2.26 bits per heavy atom. The molecular formula is C17H17N3O2S. The van der Waals surface area contributed by atoms with Crippen LogP contribution < -0.4 is 5.32 Å². The van der Waals surface area contributed by atoms with E-state index in [1.807, 2.05) is 40.4 Å². The van der Waals surface area contributed by atoms with Crippen molar-refractivity contribution in [2.75, 3.05) is 6.54 Å². The summed E-state index contributed by atoms with van der Waals surface area (Å²) in [4.78, 5) is 17.2. The molecule has 1 aromatic carbocycles. The molecule has 3 aromatic rings. The van der Waals surface area contributed by atoms with Crippen molar-refractivity contribution >= 4 is 17.2 Å². The number of carbonyl (C=O) groups excluding carboxylic acids is 1. The van der Waals surface area contributed by atoms with Gasteiger partial charge in [-0.2, -0.15) is 0 Å². The maximum Gasteiger partial charge on any atom is 0.251 e. The summed E-state index contributed by atoms with van der Waals surface area (Å²) in [6, 6.07) is 11.0. The summed E-state index contributed by atoms with van der Waals surface area (Å²) in [6.07, 6.45) is 5.18. The van der Waals surface area contributed by atoms with Crippen LogP contribution >= 0.6 is 11.3 Å². The van der Waals surface area contributed by atoms with Gasteiger partial charge >= 0.3 is 0 Å². The van der Waals surface area contributed by atoms with Crippen molar-refractivity contribution in [3.05, 3.63) is 70.9 Å². The number of benzene rings is 1. The molecule has 6 heteroatoms. The lowest BCUT2D eigenvalue weighted by atomic mass is 10.0. The van der Waals surface area contributed by atoms with Crippen LogP contribution in [-0.2, 0) is 5.60 Å². The van der Waals surface area contributed by atoms with Gasteiger partial charge in [0, 0.05) is 28.5 Å². The maximum atomic E-state index is 12.3. The van der Waals surface area contributed by atoms with Crippen LogP contribution in [0.3, 0.4) is 0 Å². The molecule has 1 amide bonds. The highest BCUT2D eigenvalue weighted by Crippen LogP contribution is 2.24. The number of nitrogens with zero attached hydrogens (tertiary/aromatic N) is 2. The van der Waals surface area contributed by atoms with E-state index in [0.717, 1.165) is 10.6 Å². The lowest BCUT2D eigenvalue weighted by Gasteiger charge is -2.22. The SMILES string of the molecule is CC(O)(CNC(=O)c1cccc(-n2ccnc2)c1)c1cccs1. The quantitative estimate of drug-likeness (QED) is 0.757. The first kappa shape index (κ1) is 15.5. The van der Waals surface area contributed by atoms with Crippen LogP contribution in [0.15, 0.2) is 60.5 Å². The predicted molar refractivity (Wildman–Crippen MR) is 89.8 cm³/mol. The van der Waals surface area contributed by atoms with Gasteiger partial charge in [-0.15, -0.1) is 11.3 Å². The van der Waals surface area contributed by atoms with Gasteiger partial charge in [0.05, 0.1) is 12.9 Å². The minimum Gasteiger partial charge on any atom is -0.383 e. The standard InChI is InChI=1S/C17H17N3O2S/c1-17(22,15-6-3-9-23-15)11-19-16(21)13-4-2-5-14(10-13)20-8-7-18-12-20/h2-10,12,22H,11H2,1H3,(H,19,21). The smallest absolute Gasteiger partial charge is 0.251 e. The van der Waals surface area contributed by atoms with Crippen LogP contribution in [0.1, 0.15) is 22.2 Å². The molecule has 0 saturated carbocycles. The molecule has 2 N–H and O–H groups in total. The minimum absolute atomic E-state index is 0.154. The molecule has 0 saturated heterocycles. The van der Waals surface area contributed by atoms with Crippen molar-refractivity contribution in [1.82, 2.24) is 14.9 Å². The van der Waals surface area contributed by atoms with E-state index in [9.17, 15) is 9.90 Å². The molecule has 2 aromatic heterocycles. The van der Waals surface area contributed by atoms with Gasteiger partial charge in [-0.3, -0.25) is 4.79 Å². The monoisotopic (exact) mass is 327 g/mol. The summed E-state index contributed by atoms with van der Waals surface area (Å²) in [5, 5.41) is 15.2. The van der Waals surface area contributed by atoms with E-state index in [4.69, 9.17) is 0 Å². The Morgan fingerprint density at radius 3 is 2.96 bits per heavy atom. The average molecular weight is 327 g/mol. The summed E-state index contributed by atoms with van der Waals surface area (Å²) < 4.78 is 1.83. The number of nitrogens with one attached hydrogen (secondary N) is 1.